The maximum atomic E-state index is 12.4. The minimum atomic E-state index is -4.36. The third-order valence-electron chi connectivity index (χ3n) is 2.95. The van der Waals surface area contributed by atoms with Gasteiger partial charge in [0.1, 0.15) is 6.04 Å². The summed E-state index contributed by atoms with van der Waals surface area (Å²) in [6.45, 7) is 2.49. The molecule has 1 aliphatic rings. The number of carbonyl (C=O) groups excluding carboxylic acids is 1. The van der Waals surface area contributed by atoms with Crippen LogP contribution in [0, 0.1) is 5.92 Å². The Hall–Kier alpha value is -0.980. The second-order valence-corrected chi connectivity index (χ2v) is 4.09. The van der Waals surface area contributed by atoms with Crippen LogP contribution in [0.3, 0.4) is 0 Å². The summed E-state index contributed by atoms with van der Waals surface area (Å²) < 4.78 is 41.9. The fourth-order valence-electron chi connectivity index (χ4n) is 1.92. The number of hydrogen-bond acceptors (Lipinski definition) is 3. The van der Waals surface area contributed by atoms with Gasteiger partial charge in [-0.05, 0) is 25.7 Å². The molecule has 0 spiro atoms. The molecule has 0 bridgehead atoms. The summed E-state index contributed by atoms with van der Waals surface area (Å²) in [7, 11) is 0. The van der Waals surface area contributed by atoms with E-state index in [0.29, 0.717) is 0 Å². The third-order valence-corrected chi connectivity index (χ3v) is 2.95. The molecule has 1 amide bonds. The quantitative estimate of drug-likeness (QED) is 0.816. The number of nitrogens with two attached hydrogens (primary N) is 1. The van der Waals surface area contributed by atoms with Crippen molar-refractivity contribution in [3.05, 3.63) is 0 Å². The predicted molar refractivity (Wildman–Crippen MR) is 55.3 cm³/mol. The van der Waals surface area contributed by atoms with Crippen LogP contribution in [0.4, 0.5) is 18.0 Å². The average molecular weight is 254 g/mol. The maximum Gasteiger partial charge on any atom is 0.409 e. The van der Waals surface area contributed by atoms with Crippen molar-refractivity contribution in [2.24, 2.45) is 11.7 Å². The largest absolute Gasteiger partial charge is 0.450 e. The van der Waals surface area contributed by atoms with E-state index in [1.165, 1.54) is 4.90 Å². The number of rotatable bonds is 2. The molecule has 1 aliphatic heterocycles. The topological polar surface area (TPSA) is 55.6 Å². The van der Waals surface area contributed by atoms with Crippen molar-refractivity contribution < 1.29 is 22.7 Å². The van der Waals surface area contributed by atoms with Crippen molar-refractivity contribution >= 4 is 6.09 Å². The predicted octanol–water partition coefficient (Wildman–Crippen LogP) is 1.74. The smallest absolute Gasteiger partial charge is 0.409 e. The molecular formula is C10H17F3N2O2. The van der Waals surface area contributed by atoms with Crippen LogP contribution < -0.4 is 5.73 Å². The summed E-state index contributed by atoms with van der Waals surface area (Å²) in [6.07, 6.45) is -4.30. The molecule has 2 N–H and O–H groups in total. The Morgan fingerprint density at radius 1 is 1.47 bits per heavy atom. The number of alkyl halides is 3. The van der Waals surface area contributed by atoms with Gasteiger partial charge in [-0.3, -0.25) is 0 Å². The number of piperidine rings is 1. The zero-order valence-corrected chi connectivity index (χ0v) is 9.67. The van der Waals surface area contributed by atoms with Gasteiger partial charge in [-0.15, -0.1) is 0 Å². The minimum absolute atomic E-state index is 0.263. The molecule has 1 unspecified atom stereocenters. The molecule has 1 heterocycles. The van der Waals surface area contributed by atoms with Crippen LogP contribution in [0.2, 0.25) is 0 Å². The maximum absolute atomic E-state index is 12.4. The highest BCUT2D eigenvalue weighted by Crippen LogP contribution is 2.30. The zero-order valence-electron chi connectivity index (χ0n) is 9.67. The number of ether oxygens (including phenoxy) is 1. The molecule has 0 aromatic rings. The van der Waals surface area contributed by atoms with Crippen LogP contribution in [0.15, 0.2) is 0 Å². The number of likely N-dealkylation sites (tertiary alicyclic amines) is 1. The molecule has 0 aliphatic carbocycles. The molecule has 0 aromatic heterocycles. The first-order valence-corrected chi connectivity index (χ1v) is 5.60. The first kappa shape index (κ1) is 14.1. The van der Waals surface area contributed by atoms with E-state index in [-0.39, 0.29) is 32.5 Å². The van der Waals surface area contributed by atoms with E-state index >= 15 is 0 Å². The summed E-state index contributed by atoms with van der Waals surface area (Å²) in [5.41, 5.74) is 5.15. The second-order valence-electron chi connectivity index (χ2n) is 4.09. The Kier molecular flexibility index (Phi) is 4.62. The van der Waals surface area contributed by atoms with E-state index in [1.807, 2.05) is 0 Å². The van der Waals surface area contributed by atoms with Gasteiger partial charge in [0.05, 0.1) is 6.61 Å². The standard InChI is InChI=1S/C10H17F3N2O2/c1-2-17-9(16)15-5-3-7(4-6-15)8(14)10(11,12)13/h7-8H,2-6,14H2,1H3. The van der Waals surface area contributed by atoms with Gasteiger partial charge in [-0.25, -0.2) is 4.79 Å². The molecule has 100 valence electrons. The minimum Gasteiger partial charge on any atom is -0.450 e. The summed E-state index contributed by atoms with van der Waals surface area (Å²) in [5.74, 6) is -0.610. The first-order valence-electron chi connectivity index (χ1n) is 5.60. The SMILES string of the molecule is CCOC(=O)N1CCC(C(N)C(F)(F)F)CC1. The van der Waals surface area contributed by atoms with E-state index in [2.05, 4.69) is 0 Å². The monoisotopic (exact) mass is 254 g/mol. The van der Waals surface area contributed by atoms with Gasteiger partial charge in [0.15, 0.2) is 0 Å². The van der Waals surface area contributed by atoms with Crippen LogP contribution in [-0.2, 0) is 4.74 Å². The van der Waals surface area contributed by atoms with E-state index < -0.39 is 24.2 Å². The fraction of sp³-hybridized carbons (Fsp3) is 0.900. The fourth-order valence-corrected chi connectivity index (χ4v) is 1.92. The molecule has 1 fully saturated rings. The van der Waals surface area contributed by atoms with Crippen LogP contribution in [-0.4, -0.2) is 42.9 Å². The molecule has 1 saturated heterocycles. The van der Waals surface area contributed by atoms with E-state index in [1.54, 1.807) is 6.92 Å². The third kappa shape index (κ3) is 3.76. The van der Waals surface area contributed by atoms with Crippen molar-refractivity contribution in [1.82, 2.24) is 4.90 Å². The lowest BCUT2D eigenvalue weighted by molar-refractivity contribution is -0.161. The summed E-state index contributed by atoms with van der Waals surface area (Å²) in [6, 6.07) is -1.80. The van der Waals surface area contributed by atoms with Gasteiger partial charge < -0.3 is 15.4 Å². The van der Waals surface area contributed by atoms with Crippen LogP contribution in [0.25, 0.3) is 0 Å². The Morgan fingerprint density at radius 3 is 2.41 bits per heavy atom. The molecule has 17 heavy (non-hydrogen) atoms. The highest BCUT2D eigenvalue weighted by molar-refractivity contribution is 5.67. The molecule has 0 aromatic carbocycles. The molecule has 1 atom stereocenters. The molecule has 4 nitrogen and oxygen atoms in total. The van der Waals surface area contributed by atoms with Crippen LogP contribution >= 0.6 is 0 Å². The van der Waals surface area contributed by atoms with Gasteiger partial charge in [-0.1, -0.05) is 0 Å². The Bertz CT molecular complexity index is 263. The van der Waals surface area contributed by atoms with Gasteiger partial charge in [-0.2, -0.15) is 13.2 Å². The Morgan fingerprint density at radius 2 is 2.00 bits per heavy atom. The number of carbonyl (C=O) groups is 1. The van der Waals surface area contributed by atoms with Crippen molar-refractivity contribution in [2.75, 3.05) is 19.7 Å². The lowest BCUT2D eigenvalue weighted by atomic mass is 9.90. The second kappa shape index (κ2) is 5.57. The first-order chi connectivity index (χ1) is 7.86. The van der Waals surface area contributed by atoms with Gasteiger partial charge in [0, 0.05) is 13.1 Å². The van der Waals surface area contributed by atoms with Gasteiger partial charge in [0.25, 0.3) is 0 Å². The summed E-state index contributed by atoms with van der Waals surface area (Å²) in [4.78, 5) is 12.7. The lowest BCUT2D eigenvalue weighted by Crippen LogP contribution is -2.49. The number of hydrogen-bond donors (Lipinski definition) is 1. The van der Waals surface area contributed by atoms with E-state index in [9.17, 15) is 18.0 Å². The lowest BCUT2D eigenvalue weighted by Gasteiger charge is -2.34. The van der Waals surface area contributed by atoms with Crippen molar-refractivity contribution in [3.63, 3.8) is 0 Å². The summed E-state index contributed by atoms with van der Waals surface area (Å²) in [5, 5.41) is 0. The van der Waals surface area contributed by atoms with Gasteiger partial charge in [0.2, 0.25) is 0 Å². The Balaban J connectivity index is 2.43. The van der Waals surface area contributed by atoms with E-state index in [0.717, 1.165) is 0 Å². The highest BCUT2D eigenvalue weighted by atomic mass is 19.4. The average Bonchev–Trinajstić information content (AvgIpc) is 2.27. The van der Waals surface area contributed by atoms with Crippen LogP contribution in [0.5, 0.6) is 0 Å². The van der Waals surface area contributed by atoms with Crippen molar-refractivity contribution in [1.29, 1.82) is 0 Å². The number of amides is 1. The summed E-state index contributed by atoms with van der Waals surface area (Å²) >= 11 is 0. The van der Waals surface area contributed by atoms with Crippen molar-refractivity contribution in [3.8, 4) is 0 Å². The van der Waals surface area contributed by atoms with E-state index in [4.69, 9.17) is 10.5 Å². The zero-order chi connectivity index (χ0) is 13.1. The molecule has 0 radical (unpaired) electrons. The number of nitrogens with zero attached hydrogens (tertiary/aromatic N) is 1. The molecule has 7 heteroatoms. The molecular weight excluding hydrogens is 237 g/mol. The normalized spacial score (nSPS) is 20.2. The number of halogens is 3. The van der Waals surface area contributed by atoms with Crippen molar-refractivity contribution in [2.45, 2.75) is 32.0 Å². The molecule has 1 rings (SSSR count). The van der Waals surface area contributed by atoms with Gasteiger partial charge >= 0.3 is 12.3 Å². The van der Waals surface area contributed by atoms with Crippen LogP contribution in [0.1, 0.15) is 19.8 Å². The highest BCUT2D eigenvalue weighted by Gasteiger charge is 2.43. The molecule has 0 saturated carbocycles. The Labute approximate surface area is 97.9 Å².